The molecule has 3 atom stereocenters. The summed E-state index contributed by atoms with van der Waals surface area (Å²) in [5.74, 6) is -1.29. The highest BCUT2D eigenvalue weighted by molar-refractivity contribution is 5.98. The Morgan fingerprint density at radius 2 is 1.68 bits per heavy atom. The van der Waals surface area contributed by atoms with E-state index >= 15 is 0 Å². The lowest BCUT2D eigenvalue weighted by atomic mass is 9.72. The van der Waals surface area contributed by atoms with Gasteiger partial charge in [-0.1, -0.05) is 30.3 Å². The average Bonchev–Trinajstić information content (AvgIpc) is 2.44. The first-order chi connectivity index (χ1) is 10.1. The van der Waals surface area contributed by atoms with E-state index in [1.54, 1.807) is 6.07 Å². The van der Waals surface area contributed by atoms with Crippen molar-refractivity contribution < 1.29 is 24.9 Å². The van der Waals surface area contributed by atoms with Crippen LogP contribution in [0.1, 0.15) is 12.5 Å². The molecule has 2 rings (SSSR count). The van der Waals surface area contributed by atoms with Gasteiger partial charge in [-0.25, -0.2) is 0 Å². The summed E-state index contributed by atoms with van der Waals surface area (Å²) in [6, 6.07) is 4.95. The first kappa shape index (κ1) is 15.7. The molecule has 0 saturated heterocycles. The second kappa shape index (κ2) is 4.97. The molecule has 0 bridgehead atoms. The van der Waals surface area contributed by atoms with Crippen LogP contribution in [0.2, 0.25) is 0 Å². The first-order valence-corrected chi connectivity index (χ1v) is 6.18. The van der Waals surface area contributed by atoms with Gasteiger partial charge in [-0.15, -0.1) is 0 Å². The Kier molecular flexibility index (Phi) is 3.55. The lowest BCUT2D eigenvalue weighted by Crippen LogP contribution is -2.62. The molecule has 0 amide bonds. The van der Waals surface area contributed by atoms with E-state index in [1.165, 1.54) is 24.3 Å². The summed E-state index contributed by atoms with van der Waals surface area (Å²) in [5, 5.41) is 42.9. The van der Waals surface area contributed by atoms with Gasteiger partial charge in [0.1, 0.15) is 0 Å². The summed E-state index contributed by atoms with van der Waals surface area (Å²) in [6.45, 7) is 0.785. The zero-order valence-corrected chi connectivity index (χ0v) is 11.4. The zero-order valence-electron chi connectivity index (χ0n) is 11.4. The Morgan fingerprint density at radius 1 is 1.14 bits per heavy atom. The Labute approximate surface area is 123 Å². The van der Waals surface area contributed by atoms with Crippen LogP contribution in [-0.4, -0.2) is 37.5 Å². The van der Waals surface area contributed by atoms with Gasteiger partial charge in [-0.05, 0) is 12.5 Å². The number of Topliss-reactive ketones (excluding diaryl/α,β-unsaturated/α-hetero) is 1. The minimum Gasteiger partial charge on any atom is -0.375 e. The van der Waals surface area contributed by atoms with Gasteiger partial charge in [-0.3, -0.25) is 25.0 Å². The molecule has 1 aliphatic carbocycles. The van der Waals surface area contributed by atoms with Crippen molar-refractivity contribution in [2.24, 2.45) is 0 Å². The number of ketones is 1. The zero-order chi connectivity index (χ0) is 16.7. The van der Waals surface area contributed by atoms with Crippen LogP contribution < -0.4 is 0 Å². The van der Waals surface area contributed by atoms with Gasteiger partial charge in [0.2, 0.25) is 11.4 Å². The Balaban J connectivity index is 2.75. The normalized spacial score (nSPS) is 31.5. The molecule has 116 valence electrons. The van der Waals surface area contributed by atoms with Crippen LogP contribution in [0.3, 0.4) is 0 Å². The SMILES string of the molecule is CC1(O)C(=O)C(O)(c2ccccc2)C=C([N+](=O)[O-])C1[N+](=O)[O-]. The molecule has 2 N–H and O–H groups in total. The quantitative estimate of drug-likeness (QED) is 0.591. The van der Waals surface area contributed by atoms with Crippen LogP contribution in [-0.2, 0) is 10.4 Å². The molecule has 3 unspecified atom stereocenters. The second-order valence-electron chi connectivity index (χ2n) is 5.12. The van der Waals surface area contributed by atoms with Crippen molar-refractivity contribution in [2.75, 3.05) is 0 Å². The molecule has 0 radical (unpaired) electrons. The van der Waals surface area contributed by atoms with E-state index in [4.69, 9.17) is 0 Å². The van der Waals surface area contributed by atoms with Crippen LogP contribution in [0.25, 0.3) is 0 Å². The number of benzene rings is 1. The molecule has 9 heteroatoms. The van der Waals surface area contributed by atoms with Crippen molar-refractivity contribution in [3.63, 3.8) is 0 Å². The second-order valence-corrected chi connectivity index (χ2v) is 5.12. The van der Waals surface area contributed by atoms with Crippen molar-refractivity contribution in [1.82, 2.24) is 0 Å². The summed E-state index contributed by atoms with van der Waals surface area (Å²) < 4.78 is 0. The lowest BCUT2D eigenvalue weighted by molar-refractivity contribution is -0.571. The average molecular weight is 308 g/mol. The van der Waals surface area contributed by atoms with Crippen molar-refractivity contribution in [3.05, 3.63) is 67.9 Å². The summed E-state index contributed by atoms with van der Waals surface area (Å²) >= 11 is 0. The summed E-state index contributed by atoms with van der Waals surface area (Å²) in [4.78, 5) is 32.3. The summed E-state index contributed by atoms with van der Waals surface area (Å²) in [7, 11) is 0. The molecule has 9 nitrogen and oxygen atoms in total. The molecule has 0 aliphatic heterocycles. The van der Waals surface area contributed by atoms with E-state index in [9.17, 15) is 35.2 Å². The topological polar surface area (TPSA) is 144 Å². The number of carbonyl (C=O) groups is 1. The van der Waals surface area contributed by atoms with Crippen LogP contribution in [0.5, 0.6) is 0 Å². The molecule has 1 aromatic carbocycles. The monoisotopic (exact) mass is 308 g/mol. The number of rotatable bonds is 3. The molecule has 0 spiro atoms. The van der Waals surface area contributed by atoms with Gasteiger partial charge >= 0.3 is 11.7 Å². The minimum absolute atomic E-state index is 0.0265. The Hall–Kier alpha value is -2.65. The number of hydrogen-bond acceptors (Lipinski definition) is 7. The van der Waals surface area contributed by atoms with E-state index < -0.39 is 38.6 Å². The van der Waals surface area contributed by atoms with Gasteiger partial charge in [0, 0.05) is 11.0 Å². The van der Waals surface area contributed by atoms with Gasteiger partial charge < -0.3 is 10.2 Å². The predicted octanol–water partition coefficient (Wildman–Crippen LogP) is 0.0138. The third-order valence-electron chi connectivity index (χ3n) is 3.61. The molecule has 1 aliphatic rings. The van der Waals surface area contributed by atoms with Crippen molar-refractivity contribution >= 4 is 5.78 Å². The Bertz CT molecular complexity index is 683. The standard InChI is InChI=1S/C13H12N2O7/c1-12(17)10(15(21)22)9(14(19)20)7-13(18,11(12)16)8-5-3-2-4-6-8/h2-7,10,17-18H,1H3. The molecule has 0 aromatic heterocycles. The minimum atomic E-state index is -2.73. The maximum atomic E-state index is 12.4. The van der Waals surface area contributed by atoms with Gasteiger partial charge in [0.25, 0.3) is 0 Å². The predicted molar refractivity (Wildman–Crippen MR) is 71.8 cm³/mol. The van der Waals surface area contributed by atoms with E-state index in [0.717, 1.165) is 6.92 Å². The third-order valence-corrected chi connectivity index (χ3v) is 3.61. The number of hydrogen-bond donors (Lipinski definition) is 2. The molecule has 0 fully saturated rings. The van der Waals surface area contributed by atoms with Gasteiger partial charge in [0.15, 0.2) is 5.60 Å². The van der Waals surface area contributed by atoms with E-state index in [1.807, 2.05) is 0 Å². The summed E-state index contributed by atoms with van der Waals surface area (Å²) in [5.41, 5.74) is -6.31. The van der Waals surface area contributed by atoms with Crippen LogP contribution >= 0.6 is 0 Å². The van der Waals surface area contributed by atoms with E-state index in [-0.39, 0.29) is 5.56 Å². The molecular formula is C13H12N2O7. The number of nitro groups is 2. The molecule has 22 heavy (non-hydrogen) atoms. The lowest BCUT2D eigenvalue weighted by Gasteiger charge is -2.35. The number of nitrogens with zero attached hydrogens (tertiary/aromatic N) is 2. The van der Waals surface area contributed by atoms with Crippen LogP contribution in [0.15, 0.2) is 42.1 Å². The van der Waals surface area contributed by atoms with E-state index in [0.29, 0.717) is 6.08 Å². The van der Waals surface area contributed by atoms with E-state index in [2.05, 4.69) is 0 Å². The third kappa shape index (κ3) is 2.16. The molecule has 0 heterocycles. The number of aliphatic hydroxyl groups is 2. The molecular weight excluding hydrogens is 296 g/mol. The summed E-state index contributed by atoms with van der Waals surface area (Å²) in [6.07, 6.45) is 0.524. The largest absolute Gasteiger partial charge is 0.375 e. The molecule has 0 saturated carbocycles. The highest BCUT2D eigenvalue weighted by Gasteiger charge is 2.65. The number of carbonyl (C=O) groups excluding carboxylic acids is 1. The maximum absolute atomic E-state index is 12.4. The van der Waals surface area contributed by atoms with Crippen molar-refractivity contribution in [3.8, 4) is 0 Å². The van der Waals surface area contributed by atoms with Crippen molar-refractivity contribution in [1.29, 1.82) is 0 Å². The Morgan fingerprint density at radius 3 is 2.14 bits per heavy atom. The van der Waals surface area contributed by atoms with Crippen molar-refractivity contribution in [2.45, 2.75) is 24.2 Å². The van der Waals surface area contributed by atoms with Crippen LogP contribution in [0, 0.1) is 20.2 Å². The van der Waals surface area contributed by atoms with Crippen LogP contribution in [0.4, 0.5) is 0 Å². The van der Waals surface area contributed by atoms with Gasteiger partial charge in [-0.2, -0.15) is 0 Å². The van der Waals surface area contributed by atoms with Gasteiger partial charge in [0.05, 0.1) is 4.92 Å². The highest BCUT2D eigenvalue weighted by atomic mass is 16.6. The first-order valence-electron chi connectivity index (χ1n) is 6.18. The fourth-order valence-corrected chi connectivity index (χ4v) is 2.53. The fraction of sp³-hybridized carbons (Fsp3) is 0.308. The highest BCUT2D eigenvalue weighted by Crippen LogP contribution is 2.39. The fourth-order valence-electron chi connectivity index (χ4n) is 2.53. The molecule has 1 aromatic rings. The smallest absolute Gasteiger partial charge is 0.335 e. The maximum Gasteiger partial charge on any atom is 0.335 e.